The van der Waals surface area contributed by atoms with Gasteiger partial charge in [0.2, 0.25) is 8.37 Å². The summed E-state index contributed by atoms with van der Waals surface area (Å²) in [4.78, 5) is 0. The molecule has 0 aromatic rings. The van der Waals surface area contributed by atoms with E-state index in [1.807, 2.05) is 0 Å². The molecule has 48 valence electrons. The predicted octanol–water partition coefficient (Wildman–Crippen LogP) is 2.19. The third-order valence-electron chi connectivity index (χ3n) is 0.500. The molecular formula is C6H15NP+. The van der Waals surface area contributed by atoms with Gasteiger partial charge in [0, 0.05) is 0 Å². The van der Waals surface area contributed by atoms with Crippen molar-refractivity contribution < 1.29 is 4.33 Å². The van der Waals surface area contributed by atoms with Crippen molar-refractivity contribution in [2.75, 3.05) is 14.1 Å². The van der Waals surface area contributed by atoms with E-state index in [-0.39, 0.29) is 0 Å². The number of hydrogen-bond donors (Lipinski definition) is 0. The lowest BCUT2D eigenvalue weighted by Crippen LogP contribution is -2.05. The first-order chi connectivity index (χ1) is 3.42. The summed E-state index contributed by atoms with van der Waals surface area (Å²) in [6.45, 7) is 6.69. The monoisotopic (exact) mass is 132 g/mol. The molecule has 0 aliphatic rings. The molecule has 0 aromatic carbocycles. The maximum atomic E-state index is 2.23. The second-order valence-corrected chi connectivity index (χ2v) is 5.46. The summed E-state index contributed by atoms with van der Waals surface area (Å²) in [6, 6.07) is 0. The summed E-state index contributed by atoms with van der Waals surface area (Å²) in [5.41, 5.74) is 0. The molecular weight excluding hydrogens is 117 g/mol. The molecule has 0 unspecified atom stereocenters. The Labute approximate surface area is 53.6 Å². The summed E-state index contributed by atoms with van der Waals surface area (Å²) in [5, 5.41) is 0.420. The van der Waals surface area contributed by atoms with Crippen LogP contribution in [0, 0.1) is 0 Å². The fourth-order valence-corrected chi connectivity index (χ4v) is 1.80. The van der Waals surface area contributed by atoms with Crippen LogP contribution in [-0.4, -0.2) is 23.6 Å². The molecule has 0 radical (unpaired) electrons. The fraction of sp³-hybridized carbons (Fsp3) is 1.00. The molecule has 0 aliphatic heterocycles. The van der Waals surface area contributed by atoms with E-state index in [0.29, 0.717) is 5.16 Å². The predicted molar refractivity (Wildman–Crippen MR) is 38.8 cm³/mol. The van der Waals surface area contributed by atoms with Crippen LogP contribution in [0.4, 0.5) is 0 Å². The van der Waals surface area contributed by atoms with Gasteiger partial charge >= 0.3 is 0 Å². The molecule has 0 fully saturated rings. The highest BCUT2D eigenvalue weighted by atomic mass is 31.1. The minimum absolute atomic E-state index is 0.420. The molecule has 0 aliphatic carbocycles. The molecule has 0 saturated carbocycles. The SMILES string of the molecule is C[N+](C)=PC(C)(C)C. The highest BCUT2D eigenvalue weighted by molar-refractivity contribution is 7.25. The van der Waals surface area contributed by atoms with Gasteiger partial charge in [0.1, 0.15) is 14.1 Å². The van der Waals surface area contributed by atoms with Gasteiger partial charge in [-0.15, -0.1) is 0 Å². The molecule has 0 aromatic heterocycles. The Morgan fingerprint density at radius 2 is 1.50 bits per heavy atom. The van der Waals surface area contributed by atoms with Crippen molar-refractivity contribution in [2.24, 2.45) is 0 Å². The molecule has 0 atom stereocenters. The zero-order chi connectivity index (χ0) is 6.78. The lowest BCUT2D eigenvalue weighted by Gasteiger charge is -2.03. The number of nitrogens with zero attached hydrogens (tertiary/aromatic N) is 1. The average molecular weight is 132 g/mol. The smallest absolute Gasteiger partial charge is 0.212 e. The molecule has 0 bridgehead atoms. The number of rotatable bonds is 0. The summed E-state index contributed by atoms with van der Waals surface area (Å²) in [7, 11) is 5.57. The Bertz CT molecular complexity index is 95.6. The average Bonchev–Trinajstić information content (AvgIpc) is 1.21. The van der Waals surface area contributed by atoms with Crippen LogP contribution in [0.15, 0.2) is 0 Å². The van der Waals surface area contributed by atoms with E-state index < -0.39 is 0 Å². The van der Waals surface area contributed by atoms with Gasteiger partial charge in [-0.3, -0.25) is 0 Å². The standard InChI is InChI=1S/C6H15NP/c1-6(2,3)8-7(4)5/h1-5H3/q+1. The minimum atomic E-state index is 0.420. The van der Waals surface area contributed by atoms with Crippen LogP contribution in [0.2, 0.25) is 0 Å². The lowest BCUT2D eigenvalue weighted by atomic mass is 10.3. The van der Waals surface area contributed by atoms with E-state index in [1.54, 1.807) is 0 Å². The van der Waals surface area contributed by atoms with Gasteiger partial charge in [0.15, 0.2) is 0 Å². The summed E-state index contributed by atoms with van der Waals surface area (Å²) in [6.07, 6.45) is 0. The van der Waals surface area contributed by atoms with Crippen molar-refractivity contribution in [3.05, 3.63) is 0 Å². The summed E-state index contributed by atoms with van der Waals surface area (Å²) < 4.78 is 2.18. The van der Waals surface area contributed by atoms with Gasteiger partial charge in [-0.2, -0.15) is 0 Å². The zero-order valence-electron chi connectivity index (χ0n) is 6.39. The van der Waals surface area contributed by atoms with Crippen LogP contribution in [0.25, 0.3) is 0 Å². The van der Waals surface area contributed by atoms with Crippen molar-refractivity contribution >= 4 is 8.37 Å². The first-order valence-corrected chi connectivity index (χ1v) is 3.67. The molecule has 1 nitrogen and oxygen atoms in total. The van der Waals surface area contributed by atoms with Crippen LogP contribution >= 0.6 is 8.37 Å². The van der Waals surface area contributed by atoms with Crippen LogP contribution in [0.3, 0.4) is 0 Å². The van der Waals surface area contributed by atoms with Gasteiger partial charge in [-0.25, -0.2) is 4.33 Å². The van der Waals surface area contributed by atoms with Crippen molar-refractivity contribution in [1.29, 1.82) is 0 Å². The van der Waals surface area contributed by atoms with Gasteiger partial charge < -0.3 is 0 Å². The van der Waals surface area contributed by atoms with E-state index in [9.17, 15) is 0 Å². The lowest BCUT2D eigenvalue weighted by molar-refractivity contribution is -0.438. The number of hydrogen-bond acceptors (Lipinski definition) is 0. The molecule has 0 amide bonds. The van der Waals surface area contributed by atoms with Crippen LogP contribution in [0.1, 0.15) is 20.8 Å². The molecule has 0 rings (SSSR count). The zero-order valence-corrected chi connectivity index (χ0v) is 7.29. The molecule has 2 heteroatoms. The Morgan fingerprint density at radius 3 is 1.50 bits per heavy atom. The van der Waals surface area contributed by atoms with E-state index in [2.05, 4.69) is 39.2 Å². The third kappa shape index (κ3) is 6.10. The molecule has 0 spiro atoms. The maximum absolute atomic E-state index is 2.23. The fourth-order valence-electron chi connectivity index (χ4n) is 0.600. The largest absolute Gasteiger partial charge is 0.225 e. The van der Waals surface area contributed by atoms with E-state index >= 15 is 0 Å². The van der Waals surface area contributed by atoms with Crippen molar-refractivity contribution in [3.63, 3.8) is 0 Å². The quantitative estimate of drug-likeness (QED) is 0.444. The molecule has 0 heterocycles. The van der Waals surface area contributed by atoms with E-state index in [1.165, 1.54) is 8.37 Å². The maximum Gasteiger partial charge on any atom is 0.212 e. The molecule has 0 saturated heterocycles. The van der Waals surface area contributed by atoms with Gasteiger partial charge in [0.25, 0.3) is 0 Å². The van der Waals surface area contributed by atoms with Crippen LogP contribution in [-0.2, 0) is 0 Å². The van der Waals surface area contributed by atoms with Crippen molar-refractivity contribution in [1.82, 2.24) is 0 Å². The molecule has 0 N–H and O–H groups in total. The molecule has 8 heavy (non-hydrogen) atoms. The Balaban J connectivity index is 3.89. The first kappa shape index (κ1) is 8.10. The van der Waals surface area contributed by atoms with Gasteiger partial charge in [0.05, 0.1) is 5.16 Å². The van der Waals surface area contributed by atoms with Gasteiger partial charge in [-0.1, -0.05) is 0 Å². The van der Waals surface area contributed by atoms with Gasteiger partial charge in [-0.05, 0) is 20.8 Å². The Kier molecular flexibility index (Phi) is 2.62. The van der Waals surface area contributed by atoms with Crippen molar-refractivity contribution in [2.45, 2.75) is 25.9 Å². The highest BCUT2D eigenvalue weighted by Gasteiger charge is 2.11. The van der Waals surface area contributed by atoms with Crippen LogP contribution in [0.5, 0.6) is 0 Å². The van der Waals surface area contributed by atoms with E-state index in [4.69, 9.17) is 0 Å². The topological polar surface area (TPSA) is 3.01 Å². The summed E-state index contributed by atoms with van der Waals surface area (Å²) >= 11 is 0. The van der Waals surface area contributed by atoms with E-state index in [0.717, 1.165) is 0 Å². The van der Waals surface area contributed by atoms with Crippen LogP contribution < -0.4 is 0 Å². The van der Waals surface area contributed by atoms with Crippen molar-refractivity contribution in [3.8, 4) is 0 Å². The highest BCUT2D eigenvalue weighted by Crippen LogP contribution is 2.21. The Morgan fingerprint density at radius 1 is 1.12 bits per heavy atom. The first-order valence-electron chi connectivity index (χ1n) is 2.82. The Hall–Kier alpha value is 0.100. The normalized spacial score (nSPS) is 12.1. The third-order valence-corrected chi connectivity index (χ3v) is 1.50. The second kappa shape index (κ2) is 2.59. The summed E-state index contributed by atoms with van der Waals surface area (Å²) in [5.74, 6) is 0. The second-order valence-electron chi connectivity index (χ2n) is 3.12. The minimum Gasteiger partial charge on any atom is -0.225 e.